The third-order valence-electron chi connectivity index (χ3n) is 1.78. The minimum absolute atomic E-state index is 0.139. The van der Waals surface area contributed by atoms with Gasteiger partial charge in [-0.15, -0.1) is 0 Å². The van der Waals surface area contributed by atoms with Gasteiger partial charge in [-0.25, -0.2) is 0 Å². The van der Waals surface area contributed by atoms with Crippen molar-refractivity contribution >= 4 is 5.91 Å². The van der Waals surface area contributed by atoms with Crippen molar-refractivity contribution in [3.8, 4) is 0 Å². The molecule has 0 aliphatic rings. The molecule has 1 atom stereocenters. The highest BCUT2D eigenvalue weighted by molar-refractivity contribution is 5.77. The Hall–Kier alpha value is -0.530. The van der Waals surface area contributed by atoms with Crippen LogP contribution >= 0.6 is 0 Å². The van der Waals surface area contributed by atoms with Gasteiger partial charge in [-0.3, -0.25) is 4.79 Å². The number of hydrogen-bond donors (Lipinski definition) is 0. The molecule has 0 aliphatic heterocycles. The quantitative estimate of drug-likeness (QED) is 0.623. The molecule has 1 amide bonds. The Balaban J connectivity index is 4.05. The number of rotatable bonds is 2. The van der Waals surface area contributed by atoms with E-state index in [0.29, 0.717) is 0 Å². The van der Waals surface area contributed by atoms with Crippen molar-refractivity contribution in [3.63, 3.8) is 0 Å². The average molecular weight is 171 g/mol. The molecular weight excluding hydrogens is 150 g/mol. The summed E-state index contributed by atoms with van der Waals surface area (Å²) >= 11 is 0. The van der Waals surface area contributed by atoms with E-state index >= 15 is 0 Å². The van der Waals surface area contributed by atoms with Crippen LogP contribution in [0.1, 0.15) is 34.1 Å². The van der Waals surface area contributed by atoms with E-state index < -0.39 is 0 Å². The standard InChI is InChI=1S/C10H21NO/c1-8(7-10(2,3)4)9(12)11(5)6/h8H,7H2,1-6H3. The predicted molar refractivity (Wildman–Crippen MR) is 51.9 cm³/mol. The topological polar surface area (TPSA) is 20.3 Å². The Morgan fingerprint density at radius 1 is 1.33 bits per heavy atom. The summed E-state index contributed by atoms with van der Waals surface area (Å²) in [6, 6.07) is 0. The maximum atomic E-state index is 11.4. The molecule has 0 fully saturated rings. The summed E-state index contributed by atoms with van der Waals surface area (Å²) in [6.45, 7) is 8.47. The summed E-state index contributed by atoms with van der Waals surface area (Å²) in [5.41, 5.74) is 0.241. The molecule has 72 valence electrons. The molecule has 12 heavy (non-hydrogen) atoms. The Labute approximate surface area is 75.9 Å². The first-order chi connectivity index (χ1) is 5.24. The van der Waals surface area contributed by atoms with Gasteiger partial charge in [0.2, 0.25) is 5.91 Å². The maximum Gasteiger partial charge on any atom is 0.224 e. The lowest BCUT2D eigenvalue weighted by Gasteiger charge is -2.24. The number of nitrogens with zero attached hydrogens (tertiary/aromatic N) is 1. The van der Waals surface area contributed by atoms with Gasteiger partial charge in [-0.05, 0) is 11.8 Å². The second-order valence-corrected chi connectivity index (χ2v) is 4.90. The third kappa shape index (κ3) is 4.37. The van der Waals surface area contributed by atoms with Crippen molar-refractivity contribution < 1.29 is 4.79 Å². The second kappa shape index (κ2) is 3.92. The van der Waals surface area contributed by atoms with Gasteiger partial charge in [0.25, 0.3) is 0 Å². The molecule has 0 bridgehead atoms. The number of hydrogen-bond acceptors (Lipinski definition) is 1. The Morgan fingerprint density at radius 2 is 1.75 bits per heavy atom. The van der Waals surface area contributed by atoms with E-state index in [-0.39, 0.29) is 17.2 Å². The van der Waals surface area contributed by atoms with Gasteiger partial charge in [-0.1, -0.05) is 27.7 Å². The molecule has 0 aromatic heterocycles. The van der Waals surface area contributed by atoms with E-state index in [1.807, 2.05) is 21.0 Å². The highest BCUT2D eigenvalue weighted by atomic mass is 16.2. The molecule has 0 saturated heterocycles. The average Bonchev–Trinajstić information content (AvgIpc) is 1.82. The minimum atomic E-state index is 0.139. The molecule has 2 nitrogen and oxygen atoms in total. The van der Waals surface area contributed by atoms with Crippen molar-refractivity contribution in [2.45, 2.75) is 34.1 Å². The van der Waals surface area contributed by atoms with E-state index in [2.05, 4.69) is 20.8 Å². The lowest BCUT2D eigenvalue weighted by atomic mass is 9.85. The molecule has 0 aliphatic carbocycles. The van der Waals surface area contributed by atoms with Crippen LogP contribution in [0.25, 0.3) is 0 Å². The number of carbonyl (C=O) groups is 1. The molecule has 0 N–H and O–H groups in total. The van der Waals surface area contributed by atoms with Gasteiger partial charge in [0.1, 0.15) is 0 Å². The predicted octanol–water partition coefficient (Wildman–Crippen LogP) is 2.15. The summed E-state index contributed by atoms with van der Waals surface area (Å²) in [5.74, 6) is 0.366. The van der Waals surface area contributed by atoms with Crippen LogP contribution in [-0.4, -0.2) is 24.9 Å². The maximum absolute atomic E-state index is 11.4. The van der Waals surface area contributed by atoms with Gasteiger partial charge in [0.15, 0.2) is 0 Å². The smallest absolute Gasteiger partial charge is 0.224 e. The van der Waals surface area contributed by atoms with Crippen LogP contribution < -0.4 is 0 Å². The first kappa shape index (κ1) is 11.5. The van der Waals surface area contributed by atoms with Crippen LogP contribution in [0.4, 0.5) is 0 Å². The zero-order valence-electron chi connectivity index (χ0n) is 9.14. The molecule has 1 unspecified atom stereocenters. The Kier molecular flexibility index (Phi) is 3.75. The minimum Gasteiger partial charge on any atom is -0.349 e. The van der Waals surface area contributed by atoms with Crippen molar-refractivity contribution in [2.75, 3.05) is 14.1 Å². The van der Waals surface area contributed by atoms with Crippen LogP contribution in [0.3, 0.4) is 0 Å². The van der Waals surface area contributed by atoms with Crippen LogP contribution in [0.5, 0.6) is 0 Å². The van der Waals surface area contributed by atoms with Crippen molar-refractivity contribution in [1.29, 1.82) is 0 Å². The van der Waals surface area contributed by atoms with Crippen LogP contribution in [0.2, 0.25) is 0 Å². The van der Waals surface area contributed by atoms with E-state index in [4.69, 9.17) is 0 Å². The summed E-state index contributed by atoms with van der Waals surface area (Å²) in [5, 5.41) is 0. The molecular formula is C10H21NO. The lowest BCUT2D eigenvalue weighted by Crippen LogP contribution is -2.30. The van der Waals surface area contributed by atoms with Crippen molar-refractivity contribution in [2.24, 2.45) is 11.3 Å². The Bertz CT molecular complexity index is 156. The fraction of sp³-hybridized carbons (Fsp3) is 0.900. The van der Waals surface area contributed by atoms with E-state index in [9.17, 15) is 4.79 Å². The molecule has 0 rings (SSSR count). The third-order valence-corrected chi connectivity index (χ3v) is 1.78. The van der Waals surface area contributed by atoms with Crippen LogP contribution in [0.15, 0.2) is 0 Å². The molecule has 0 aromatic carbocycles. The van der Waals surface area contributed by atoms with Crippen molar-refractivity contribution in [1.82, 2.24) is 4.90 Å². The van der Waals surface area contributed by atoms with Gasteiger partial charge >= 0.3 is 0 Å². The fourth-order valence-corrected chi connectivity index (χ4v) is 1.45. The highest BCUT2D eigenvalue weighted by Crippen LogP contribution is 2.24. The van der Waals surface area contributed by atoms with E-state index in [1.54, 1.807) is 4.90 Å². The van der Waals surface area contributed by atoms with Crippen molar-refractivity contribution in [3.05, 3.63) is 0 Å². The first-order valence-electron chi connectivity index (χ1n) is 4.45. The molecule has 2 heteroatoms. The molecule has 0 radical (unpaired) electrons. The summed E-state index contributed by atoms with van der Waals surface area (Å²) < 4.78 is 0. The largest absolute Gasteiger partial charge is 0.349 e. The molecule has 0 aromatic rings. The second-order valence-electron chi connectivity index (χ2n) is 4.90. The molecule has 0 saturated carbocycles. The normalized spacial score (nSPS) is 14.2. The summed E-state index contributed by atoms with van der Waals surface area (Å²) in [7, 11) is 3.61. The van der Waals surface area contributed by atoms with Gasteiger partial charge in [0, 0.05) is 20.0 Å². The highest BCUT2D eigenvalue weighted by Gasteiger charge is 2.21. The van der Waals surface area contributed by atoms with E-state index in [1.165, 1.54) is 0 Å². The van der Waals surface area contributed by atoms with Gasteiger partial charge in [0.05, 0.1) is 0 Å². The SMILES string of the molecule is CC(CC(C)(C)C)C(=O)N(C)C. The summed E-state index contributed by atoms with van der Waals surface area (Å²) in [4.78, 5) is 13.1. The Morgan fingerprint density at radius 3 is 2.00 bits per heavy atom. The first-order valence-corrected chi connectivity index (χ1v) is 4.45. The molecule has 0 heterocycles. The summed E-state index contributed by atoms with van der Waals surface area (Å²) in [6.07, 6.45) is 0.948. The van der Waals surface area contributed by atoms with E-state index in [0.717, 1.165) is 6.42 Å². The number of amides is 1. The lowest BCUT2D eigenvalue weighted by molar-refractivity contribution is -0.133. The van der Waals surface area contributed by atoms with Crippen LogP contribution in [0, 0.1) is 11.3 Å². The van der Waals surface area contributed by atoms with Crippen LogP contribution in [-0.2, 0) is 4.79 Å². The number of carbonyl (C=O) groups excluding carboxylic acids is 1. The fourth-order valence-electron chi connectivity index (χ4n) is 1.45. The zero-order chi connectivity index (χ0) is 9.94. The zero-order valence-corrected chi connectivity index (χ0v) is 9.14. The molecule has 0 spiro atoms. The monoisotopic (exact) mass is 171 g/mol. The van der Waals surface area contributed by atoms with Gasteiger partial charge in [-0.2, -0.15) is 0 Å². The van der Waals surface area contributed by atoms with Gasteiger partial charge < -0.3 is 4.90 Å².